The number of benzene rings is 2. The van der Waals surface area contributed by atoms with E-state index in [2.05, 4.69) is 17.1 Å². The molecule has 1 amide bonds. The summed E-state index contributed by atoms with van der Waals surface area (Å²) in [7, 11) is 0. The van der Waals surface area contributed by atoms with Gasteiger partial charge >= 0.3 is 0 Å². The number of likely N-dealkylation sites (tertiary alicyclic amines) is 1. The molecule has 138 valence electrons. The van der Waals surface area contributed by atoms with Crippen LogP contribution in [0.15, 0.2) is 65.1 Å². The molecule has 0 N–H and O–H groups in total. The molecule has 0 bridgehead atoms. The lowest BCUT2D eigenvalue weighted by atomic mass is 9.94. The zero-order chi connectivity index (χ0) is 18.6. The molecule has 0 spiro atoms. The summed E-state index contributed by atoms with van der Waals surface area (Å²) < 4.78 is 5.94. The van der Waals surface area contributed by atoms with Crippen LogP contribution in [0.4, 0.5) is 0 Å². The van der Waals surface area contributed by atoms with E-state index in [9.17, 15) is 4.79 Å². The Bertz CT molecular complexity index is 892. The molecule has 2 unspecified atom stereocenters. The van der Waals surface area contributed by atoms with Gasteiger partial charge in [0.2, 0.25) is 17.7 Å². The molecule has 2 heterocycles. The monoisotopic (exact) mass is 361 g/mol. The maximum atomic E-state index is 13.3. The maximum Gasteiger partial charge on any atom is 0.247 e. The first-order chi connectivity index (χ1) is 13.3. The first kappa shape index (κ1) is 17.5. The summed E-state index contributed by atoms with van der Waals surface area (Å²) >= 11 is 0. The number of carbonyl (C=O) groups is 1. The summed E-state index contributed by atoms with van der Waals surface area (Å²) in [6.07, 6.45) is 2.57. The van der Waals surface area contributed by atoms with Crippen LogP contribution < -0.4 is 0 Å². The number of hydrogen-bond acceptors (Lipinski definition) is 4. The van der Waals surface area contributed by atoms with E-state index in [1.54, 1.807) is 0 Å². The van der Waals surface area contributed by atoms with Crippen molar-refractivity contribution in [1.29, 1.82) is 0 Å². The second kappa shape index (κ2) is 7.74. The molecule has 5 nitrogen and oxygen atoms in total. The van der Waals surface area contributed by atoms with Gasteiger partial charge < -0.3 is 9.32 Å². The summed E-state index contributed by atoms with van der Waals surface area (Å²) in [5, 5.41) is 8.45. The van der Waals surface area contributed by atoms with Crippen molar-refractivity contribution in [3.8, 4) is 11.5 Å². The summed E-state index contributed by atoms with van der Waals surface area (Å²) in [4.78, 5) is 15.2. The molecule has 2 aromatic carbocycles. The van der Waals surface area contributed by atoms with Gasteiger partial charge in [-0.15, -0.1) is 10.2 Å². The highest BCUT2D eigenvalue weighted by Gasteiger charge is 2.36. The van der Waals surface area contributed by atoms with Gasteiger partial charge in [0.15, 0.2) is 0 Å². The van der Waals surface area contributed by atoms with Crippen molar-refractivity contribution in [2.24, 2.45) is 0 Å². The summed E-state index contributed by atoms with van der Waals surface area (Å²) in [5.74, 6) is 1.04. The van der Waals surface area contributed by atoms with Gasteiger partial charge in [0.05, 0.1) is 5.92 Å². The molecular formula is C22H23N3O2. The third-order valence-electron chi connectivity index (χ3n) is 5.19. The van der Waals surface area contributed by atoms with Crippen LogP contribution in [-0.4, -0.2) is 27.5 Å². The SMILES string of the molecule is CCC(C(=O)N1CCCC1c1nnc(-c2ccccc2)o1)c1ccccc1. The third kappa shape index (κ3) is 3.50. The first-order valence-corrected chi connectivity index (χ1v) is 9.52. The average Bonchev–Trinajstić information content (AvgIpc) is 3.39. The minimum atomic E-state index is -0.139. The Balaban J connectivity index is 1.57. The van der Waals surface area contributed by atoms with Crippen molar-refractivity contribution >= 4 is 5.91 Å². The van der Waals surface area contributed by atoms with Gasteiger partial charge in [-0.05, 0) is 37.0 Å². The van der Waals surface area contributed by atoms with Crippen molar-refractivity contribution in [1.82, 2.24) is 15.1 Å². The topological polar surface area (TPSA) is 59.2 Å². The summed E-state index contributed by atoms with van der Waals surface area (Å²) in [6, 6.07) is 19.6. The molecule has 1 aromatic heterocycles. The molecule has 0 aliphatic carbocycles. The quantitative estimate of drug-likeness (QED) is 0.667. The first-order valence-electron chi connectivity index (χ1n) is 9.52. The van der Waals surface area contributed by atoms with Gasteiger partial charge in [0.25, 0.3) is 0 Å². The summed E-state index contributed by atoms with van der Waals surface area (Å²) in [6.45, 7) is 2.79. The largest absolute Gasteiger partial charge is 0.418 e. The predicted octanol–water partition coefficient (Wildman–Crippen LogP) is 4.59. The van der Waals surface area contributed by atoms with Crippen LogP contribution in [0.3, 0.4) is 0 Å². The Hall–Kier alpha value is -2.95. The van der Waals surface area contributed by atoms with E-state index < -0.39 is 0 Å². The van der Waals surface area contributed by atoms with Gasteiger partial charge in [-0.25, -0.2) is 0 Å². The number of amides is 1. The van der Waals surface area contributed by atoms with Gasteiger partial charge in [0, 0.05) is 12.1 Å². The minimum Gasteiger partial charge on any atom is -0.418 e. The van der Waals surface area contributed by atoms with E-state index in [0.29, 0.717) is 11.8 Å². The molecule has 1 fully saturated rings. The fourth-order valence-corrected chi connectivity index (χ4v) is 3.79. The molecule has 1 aliphatic rings. The molecule has 0 saturated carbocycles. The van der Waals surface area contributed by atoms with E-state index in [0.717, 1.165) is 36.9 Å². The zero-order valence-electron chi connectivity index (χ0n) is 15.4. The van der Waals surface area contributed by atoms with Crippen LogP contribution >= 0.6 is 0 Å². The van der Waals surface area contributed by atoms with Crippen molar-refractivity contribution in [2.45, 2.75) is 38.1 Å². The van der Waals surface area contributed by atoms with Crippen molar-refractivity contribution < 1.29 is 9.21 Å². The van der Waals surface area contributed by atoms with E-state index in [1.165, 1.54) is 0 Å². The van der Waals surface area contributed by atoms with Crippen molar-refractivity contribution in [3.05, 3.63) is 72.1 Å². The highest BCUT2D eigenvalue weighted by Crippen LogP contribution is 2.35. The van der Waals surface area contributed by atoms with Crippen LogP contribution in [-0.2, 0) is 4.79 Å². The minimum absolute atomic E-state index is 0.136. The fourth-order valence-electron chi connectivity index (χ4n) is 3.79. The Morgan fingerprint density at radius 2 is 1.81 bits per heavy atom. The second-order valence-electron chi connectivity index (χ2n) is 6.87. The van der Waals surface area contributed by atoms with Crippen molar-refractivity contribution in [3.63, 3.8) is 0 Å². The predicted molar refractivity (Wildman–Crippen MR) is 103 cm³/mol. The van der Waals surface area contributed by atoms with E-state index in [4.69, 9.17) is 4.42 Å². The Morgan fingerprint density at radius 1 is 1.11 bits per heavy atom. The lowest BCUT2D eigenvalue weighted by molar-refractivity contribution is -0.134. The lowest BCUT2D eigenvalue weighted by Gasteiger charge is -2.27. The molecule has 4 rings (SSSR count). The molecule has 5 heteroatoms. The Kier molecular flexibility index (Phi) is 5.01. The normalized spacial score (nSPS) is 17.8. The Morgan fingerprint density at radius 3 is 2.52 bits per heavy atom. The van der Waals surface area contributed by atoms with E-state index >= 15 is 0 Å². The molecule has 1 saturated heterocycles. The van der Waals surface area contributed by atoms with Gasteiger partial charge in [0.1, 0.15) is 6.04 Å². The fraction of sp³-hybridized carbons (Fsp3) is 0.318. The second-order valence-corrected chi connectivity index (χ2v) is 6.87. The van der Waals surface area contributed by atoms with Crippen molar-refractivity contribution in [2.75, 3.05) is 6.54 Å². The highest BCUT2D eigenvalue weighted by molar-refractivity contribution is 5.84. The number of rotatable bonds is 5. The molecule has 27 heavy (non-hydrogen) atoms. The molecule has 1 aliphatic heterocycles. The average molecular weight is 361 g/mol. The number of aromatic nitrogens is 2. The smallest absolute Gasteiger partial charge is 0.247 e. The third-order valence-corrected chi connectivity index (χ3v) is 5.19. The molecular weight excluding hydrogens is 338 g/mol. The number of hydrogen-bond donors (Lipinski definition) is 0. The summed E-state index contributed by atoms with van der Waals surface area (Å²) in [5.41, 5.74) is 1.95. The van der Waals surface area contributed by atoms with Gasteiger partial charge in [-0.1, -0.05) is 55.5 Å². The number of carbonyl (C=O) groups excluding carboxylic acids is 1. The maximum absolute atomic E-state index is 13.3. The van der Waals surface area contributed by atoms with E-state index in [-0.39, 0.29) is 17.9 Å². The molecule has 2 atom stereocenters. The highest BCUT2D eigenvalue weighted by atomic mass is 16.4. The standard InChI is InChI=1S/C22H23N3O2/c1-2-18(16-10-5-3-6-11-16)22(26)25-15-9-14-19(25)21-24-23-20(27-21)17-12-7-4-8-13-17/h3-8,10-13,18-19H,2,9,14-15H2,1H3. The van der Waals surface area contributed by atoms with Crippen LogP contribution in [0, 0.1) is 0 Å². The van der Waals surface area contributed by atoms with Gasteiger partial charge in [-0.2, -0.15) is 0 Å². The van der Waals surface area contributed by atoms with E-state index in [1.807, 2.05) is 65.6 Å². The molecule has 0 radical (unpaired) electrons. The van der Waals surface area contributed by atoms with Crippen LogP contribution in [0.2, 0.25) is 0 Å². The van der Waals surface area contributed by atoms with Crippen LogP contribution in [0.5, 0.6) is 0 Å². The lowest BCUT2D eigenvalue weighted by Crippen LogP contribution is -2.34. The number of nitrogens with zero attached hydrogens (tertiary/aromatic N) is 3. The molecule has 3 aromatic rings. The van der Waals surface area contributed by atoms with Gasteiger partial charge in [-0.3, -0.25) is 4.79 Å². The zero-order valence-corrected chi connectivity index (χ0v) is 15.4. The van der Waals surface area contributed by atoms with Crippen LogP contribution in [0.1, 0.15) is 49.6 Å². The Labute approximate surface area is 159 Å². The van der Waals surface area contributed by atoms with Crippen LogP contribution in [0.25, 0.3) is 11.5 Å².